The molecule has 0 aliphatic carbocycles. The Morgan fingerprint density at radius 1 is 0.900 bits per heavy atom. The van der Waals surface area contributed by atoms with Crippen LogP contribution in [0.4, 0.5) is 0 Å². The number of benzene rings is 2. The van der Waals surface area contributed by atoms with Gasteiger partial charge in [0.05, 0.1) is 29.7 Å². The molecule has 0 amide bonds. The predicted molar refractivity (Wildman–Crippen MR) is 109 cm³/mol. The third-order valence-electron chi connectivity index (χ3n) is 4.63. The van der Waals surface area contributed by atoms with Gasteiger partial charge in [-0.3, -0.25) is 0 Å². The zero-order chi connectivity index (χ0) is 21.7. The maximum atomic E-state index is 13.0. The van der Waals surface area contributed by atoms with Crippen molar-refractivity contribution in [1.82, 2.24) is 0 Å². The molecule has 0 spiro atoms. The first kappa shape index (κ1) is 21.5. The molecule has 0 aliphatic heterocycles. The average molecular weight is 414 g/mol. The summed E-state index contributed by atoms with van der Waals surface area (Å²) in [5, 5.41) is 1.03. The number of ether oxygens (including phenoxy) is 4. The van der Waals surface area contributed by atoms with E-state index in [0.717, 1.165) is 0 Å². The Hall–Kier alpha value is -3.23. The van der Waals surface area contributed by atoms with E-state index in [1.165, 1.54) is 20.3 Å². The summed E-state index contributed by atoms with van der Waals surface area (Å²) in [6.07, 6.45) is 0. The van der Waals surface area contributed by atoms with Gasteiger partial charge in [-0.2, -0.15) is 0 Å². The number of para-hydroxylation sites is 1. The van der Waals surface area contributed by atoms with Crippen molar-refractivity contribution in [2.45, 2.75) is 6.92 Å². The van der Waals surface area contributed by atoms with Crippen molar-refractivity contribution in [3.63, 3.8) is 0 Å². The zero-order valence-electron chi connectivity index (χ0n) is 17.0. The van der Waals surface area contributed by atoms with Gasteiger partial charge in [0.1, 0.15) is 18.8 Å². The highest BCUT2D eigenvalue weighted by molar-refractivity contribution is 6.17. The van der Waals surface area contributed by atoms with Crippen LogP contribution in [-0.4, -0.2) is 52.6 Å². The third-order valence-corrected chi connectivity index (χ3v) is 4.63. The molecule has 0 fully saturated rings. The molecule has 3 aromatic rings. The van der Waals surface area contributed by atoms with E-state index in [1.807, 2.05) is 0 Å². The van der Waals surface area contributed by atoms with E-state index in [0.29, 0.717) is 21.9 Å². The van der Waals surface area contributed by atoms with Crippen molar-refractivity contribution in [2.24, 2.45) is 0 Å². The normalized spacial score (nSPS) is 11.0. The van der Waals surface area contributed by atoms with E-state index >= 15 is 0 Å². The van der Waals surface area contributed by atoms with E-state index in [-0.39, 0.29) is 42.9 Å². The summed E-state index contributed by atoms with van der Waals surface area (Å²) in [4.78, 5) is 38.2. The summed E-state index contributed by atoms with van der Waals surface area (Å²) in [7, 11) is 2.98. The molecule has 2 aromatic carbocycles. The maximum absolute atomic E-state index is 13.0. The number of methoxy groups -OCH3 is 2. The maximum Gasteiger partial charge on any atom is 0.344 e. The van der Waals surface area contributed by atoms with Crippen LogP contribution in [0.1, 0.15) is 26.3 Å². The largest absolute Gasteiger partial charge is 0.460 e. The SMILES string of the molecule is COCCOC(=O)c1cc2c(=O)oc3ccccc3c2c(C(=O)OCCOC)c1C. The highest BCUT2D eigenvalue weighted by Crippen LogP contribution is 2.31. The van der Waals surface area contributed by atoms with Crippen molar-refractivity contribution in [3.8, 4) is 0 Å². The number of carbonyl (C=O) groups is 2. The van der Waals surface area contributed by atoms with Crippen LogP contribution in [0.15, 0.2) is 39.5 Å². The van der Waals surface area contributed by atoms with Crippen LogP contribution in [0.5, 0.6) is 0 Å². The Kier molecular flexibility index (Phi) is 6.81. The Balaban J connectivity index is 2.26. The number of esters is 2. The van der Waals surface area contributed by atoms with Crippen molar-refractivity contribution in [2.75, 3.05) is 40.6 Å². The minimum atomic E-state index is -0.676. The Morgan fingerprint density at radius 2 is 1.53 bits per heavy atom. The molecule has 1 aromatic heterocycles. The lowest BCUT2D eigenvalue weighted by atomic mass is 9.93. The lowest BCUT2D eigenvalue weighted by Gasteiger charge is -2.15. The molecule has 0 bridgehead atoms. The average Bonchev–Trinajstić information content (AvgIpc) is 2.73. The lowest BCUT2D eigenvalue weighted by molar-refractivity contribution is 0.0385. The van der Waals surface area contributed by atoms with Gasteiger partial charge in [0, 0.05) is 25.0 Å². The molecule has 8 nitrogen and oxygen atoms in total. The zero-order valence-corrected chi connectivity index (χ0v) is 17.0. The van der Waals surface area contributed by atoms with Crippen LogP contribution < -0.4 is 5.63 Å². The van der Waals surface area contributed by atoms with Crippen molar-refractivity contribution < 1.29 is 33.0 Å². The fourth-order valence-electron chi connectivity index (χ4n) is 3.19. The Bertz CT molecular complexity index is 1150. The first-order valence-electron chi connectivity index (χ1n) is 9.30. The summed E-state index contributed by atoms with van der Waals surface area (Å²) >= 11 is 0. The number of hydrogen-bond acceptors (Lipinski definition) is 8. The quantitative estimate of drug-likeness (QED) is 0.240. The third kappa shape index (κ3) is 4.19. The molecule has 158 valence electrons. The van der Waals surface area contributed by atoms with E-state index in [4.69, 9.17) is 23.4 Å². The molecule has 1 heterocycles. The minimum Gasteiger partial charge on any atom is -0.460 e. The van der Waals surface area contributed by atoms with Crippen LogP contribution >= 0.6 is 0 Å². The van der Waals surface area contributed by atoms with Crippen LogP contribution in [-0.2, 0) is 18.9 Å². The monoisotopic (exact) mass is 414 g/mol. The Morgan fingerprint density at radius 3 is 2.20 bits per heavy atom. The second-order valence-corrected chi connectivity index (χ2v) is 6.49. The van der Waals surface area contributed by atoms with Gasteiger partial charge in [0.2, 0.25) is 0 Å². The van der Waals surface area contributed by atoms with Gasteiger partial charge in [-0.25, -0.2) is 14.4 Å². The smallest absolute Gasteiger partial charge is 0.344 e. The van der Waals surface area contributed by atoms with Crippen LogP contribution in [0.3, 0.4) is 0 Å². The molecule has 0 aliphatic rings. The summed E-state index contributed by atoms with van der Waals surface area (Å²) in [6.45, 7) is 2.11. The molecule has 0 radical (unpaired) electrons. The number of carbonyl (C=O) groups excluding carboxylic acids is 2. The van der Waals surface area contributed by atoms with Crippen LogP contribution in [0.2, 0.25) is 0 Å². The fourth-order valence-corrected chi connectivity index (χ4v) is 3.19. The summed E-state index contributed by atoms with van der Waals surface area (Å²) in [5.41, 5.74) is 0.214. The van der Waals surface area contributed by atoms with Gasteiger partial charge in [0.15, 0.2) is 0 Å². The van der Waals surface area contributed by atoms with E-state index in [2.05, 4.69) is 0 Å². The molecule has 0 saturated heterocycles. The second kappa shape index (κ2) is 9.51. The van der Waals surface area contributed by atoms with E-state index < -0.39 is 17.6 Å². The Labute approximate surface area is 172 Å². The summed E-state index contributed by atoms with van der Waals surface area (Å²) in [5.74, 6) is -1.35. The fraction of sp³-hybridized carbons (Fsp3) is 0.318. The molecule has 30 heavy (non-hydrogen) atoms. The summed E-state index contributed by atoms with van der Waals surface area (Å²) in [6, 6.07) is 8.26. The van der Waals surface area contributed by atoms with Gasteiger partial charge in [0.25, 0.3) is 0 Å². The van der Waals surface area contributed by atoms with Crippen molar-refractivity contribution in [1.29, 1.82) is 0 Å². The second-order valence-electron chi connectivity index (χ2n) is 6.49. The molecular formula is C22H22O8. The van der Waals surface area contributed by atoms with Gasteiger partial charge in [-0.15, -0.1) is 0 Å². The molecular weight excluding hydrogens is 392 g/mol. The molecule has 0 saturated carbocycles. The highest BCUT2D eigenvalue weighted by atomic mass is 16.6. The number of fused-ring (bicyclic) bond motifs is 3. The first-order chi connectivity index (χ1) is 14.5. The molecule has 0 N–H and O–H groups in total. The van der Waals surface area contributed by atoms with E-state index in [1.54, 1.807) is 31.2 Å². The minimum absolute atomic E-state index is 0.0259. The van der Waals surface area contributed by atoms with Crippen molar-refractivity contribution >= 4 is 33.7 Å². The standard InChI is InChI=1S/C22H22O8/c1-13-15(20(23)28-10-8-26-2)12-16-19(18(13)22(25)29-11-9-27-3)14-6-4-5-7-17(14)30-21(16)24/h4-7,12H,8-11H2,1-3H3. The number of rotatable bonds is 8. The van der Waals surface area contributed by atoms with Gasteiger partial charge >= 0.3 is 17.6 Å². The molecule has 0 unspecified atom stereocenters. The highest BCUT2D eigenvalue weighted by Gasteiger charge is 2.25. The predicted octanol–water partition coefficient (Wildman–Crippen LogP) is 2.86. The molecule has 0 atom stereocenters. The lowest BCUT2D eigenvalue weighted by Crippen LogP contribution is -2.18. The van der Waals surface area contributed by atoms with Gasteiger partial charge < -0.3 is 23.4 Å². The van der Waals surface area contributed by atoms with Crippen LogP contribution in [0, 0.1) is 6.92 Å². The van der Waals surface area contributed by atoms with Gasteiger partial charge in [-0.05, 0) is 24.6 Å². The van der Waals surface area contributed by atoms with Gasteiger partial charge in [-0.1, -0.05) is 18.2 Å². The van der Waals surface area contributed by atoms with Crippen LogP contribution in [0.25, 0.3) is 21.7 Å². The summed E-state index contributed by atoms with van der Waals surface area (Å²) < 4.78 is 25.7. The first-order valence-corrected chi connectivity index (χ1v) is 9.30. The van der Waals surface area contributed by atoms with Crippen molar-refractivity contribution in [3.05, 3.63) is 57.4 Å². The number of hydrogen-bond donors (Lipinski definition) is 0. The molecule has 3 rings (SSSR count). The van der Waals surface area contributed by atoms with E-state index in [9.17, 15) is 14.4 Å². The topological polar surface area (TPSA) is 101 Å². The molecule has 8 heteroatoms.